The number of nitrogens with one attached hydrogen (secondary N) is 3. The highest BCUT2D eigenvalue weighted by atomic mass is 32.2. The standard InChI is InChI=1S/C58H70F2N8O7S/c1-37(2)45-8-6-7-9-46(45)53-36-66(35-39-10-12-42(74-5)28-50(39)60)24-25-68(53)41-30-58(31-41)20-22-67(23-21-58)40-11-13-47(54(26-40)75-43-27-48-49(59)14-15-51(48)61-33-43)56(69)64-76(72,73)44-29-52(65(4)71)55(63-34-44)62-32-38-16-18-57(3,70)19-17-38/h6-14,26-29,33-34,37-38,41,53,65,70H,15-25,30-32,35-36H2,1-5H3,(H,62,63)(H,64,69)/t38?,53-,57?/m0/s1. The van der Waals surface area contributed by atoms with Gasteiger partial charge in [-0.2, -0.15) is 0 Å². The van der Waals surface area contributed by atoms with Crippen molar-refractivity contribution in [2.24, 2.45) is 11.3 Å². The topological polar surface area (TPSA) is 177 Å². The van der Waals surface area contributed by atoms with Crippen LogP contribution in [0, 0.1) is 22.4 Å². The summed E-state index contributed by atoms with van der Waals surface area (Å²) in [5.74, 6) is -0.0690. The number of nitrogens with zero attached hydrogens (tertiary/aromatic N) is 5. The normalized spacial score (nSPS) is 22.4. The van der Waals surface area contributed by atoms with Crippen LogP contribution in [-0.2, 0) is 23.0 Å². The number of anilines is 2. The van der Waals surface area contributed by atoms with Crippen LogP contribution in [0.3, 0.4) is 0 Å². The Morgan fingerprint density at radius 2 is 1.71 bits per heavy atom. The number of quaternary nitrogens is 1. The number of piperidine rings is 1. The van der Waals surface area contributed by atoms with Crippen molar-refractivity contribution < 1.29 is 41.6 Å². The molecule has 1 amide bonds. The van der Waals surface area contributed by atoms with E-state index in [0.717, 1.165) is 83.1 Å². The average Bonchev–Trinajstić information content (AvgIpc) is 3.77. The third-order valence-corrected chi connectivity index (χ3v) is 18.1. The van der Waals surface area contributed by atoms with Gasteiger partial charge < -0.3 is 35.1 Å². The molecule has 2 aromatic heterocycles. The van der Waals surface area contributed by atoms with Gasteiger partial charge in [-0.1, -0.05) is 44.2 Å². The molecule has 15 nitrogen and oxygen atoms in total. The molecule has 3 aliphatic carbocycles. The molecule has 1 spiro atoms. The van der Waals surface area contributed by atoms with Crippen LogP contribution in [0.2, 0.25) is 0 Å². The number of methoxy groups -OCH3 is 1. The highest BCUT2D eigenvalue weighted by Gasteiger charge is 2.50. The van der Waals surface area contributed by atoms with E-state index in [1.54, 1.807) is 19.2 Å². The number of fused-ring (bicyclic) bond motifs is 1. The second-order valence-electron chi connectivity index (χ2n) is 22.4. The number of hydroxylamine groups is 1. The van der Waals surface area contributed by atoms with Gasteiger partial charge in [0.05, 0.1) is 43.4 Å². The van der Waals surface area contributed by atoms with Gasteiger partial charge in [0.25, 0.3) is 15.9 Å². The van der Waals surface area contributed by atoms with Gasteiger partial charge in [0.1, 0.15) is 33.8 Å². The highest BCUT2D eigenvalue weighted by Crippen LogP contribution is 2.53. The van der Waals surface area contributed by atoms with Crippen molar-refractivity contribution in [1.82, 2.24) is 24.5 Å². The number of aliphatic hydroxyl groups is 1. The maximum Gasteiger partial charge on any atom is 0.268 e. The van der Waals surface area contributed by atoms with Crippen molar-refractivity contribution in [3.05, 3.63) is 136 Å². The lowest BCUT2D eigenvalue weighted by molar-refractivity contribution is -0.751. The number of allylic oxidation sites excluding steroid dienone is 1. The Morgan fingerprint density at radius 3 is 2.43 bits per heavy atom. The van der Waals surface area contributed by atoms with Gasteiger partial charge in [-0.05, 0) is 117 Å². The number of pyridine rings is 2. The molecule has 18 heteroatoms. The molecule has 2 saturated heterocycles. The molecule has 404 valence electrons. The summed E-state index contributed by atoms with van der Waals surface area (Å²) in [7, 11) is -1.69. The van der Waals surface area contributed by atoms with E-state index in [-0.39, 0.29) is 56.7 Å². The number of ether oxygens (including phenoxy) is 2. The Labute approximate surface area is 444 Å². The van der Waals surface area contributed by atoms with Gasteiger partial charge in [0.15, 0.2) is 11.5 Å². The zero-order valence-electron chi connectivity index (χ0n) is 44.1. The van der Waals surface area contributed by atoms with Gasteiger partial charge in [-0.15, -0.1) is 0 Å². The van der Waals surface area contributed by atoms with E-state index >= 15 is 4.39 Å². The average molecular weight is 1060 g/mol. The van der Waals surface area contributed by atoms with E-state index < -0.39 is 32.4 Å². The largest absolute Gasteiger partial charge is 0.629 e. The zero-order valence-corrected chi connectivity index (χ0v) is 44.9. The summed E-state index contributed by atoms with van der Waals surface area (Å²) in [6.07, 6.45) is 11.3. The summed E-state index contributed by atoms with van der Waals surface area (Å²) in [5.41, 5.74) is 4.43. The first-order chi connectivity index (χ1) is 36.4. The number of carbonyl (C=O) groups is 1. The molecule has 2 aliphatic heterocycles. The van der Waals surface area contributed by atoms with Crippen LogP contribution in [-0.4, -0.2) is 104 Å². The van der Waals surface area contributed by atoms with Crippen LogP contribution in [0.15, 0.2) is 96.2 Å². The molecular formula is C58H70F2N8O7S. The Kier molecular flexibility index (Phi) is 15.3. The second kappa shape index (κ2) is 21.8. The first-order valence-electron chi connectivity index (χ1n) is 26.7. The maximum absolute atomic E-state index is 15.2. The van der Waals surface area contributed by atoms with Gasteiger partial charge in [-0.25, -0.2) is 26.9 Å². The monoisotopic (exact) mass is 1060 g/mol. The highest BCUT2D eigenvalue weighted by molar-refractivity contribution is 7.90. The Morgan fingerprint density at radius 1 is 0.947 bits per heavy atom. The molecule has 10 rings (SSSR count). The van der Waals surface area contributed by atoms with Crippen molar-refractivity contribution in [1.29, 1.82) is 0 Å². The van der Waals surface area contributed by atoms with Crippen LogP contribution >= 0.6 is 0 Å². The van der Waals surface area contributed by atoms with Gasteiger partial charge >= 0.3 is 0 Å². The molecule has 2 saturated carbocycles. The lowest BCUT2D eigenvalue weighted by Gasteiger charge is -2.58. The SMILES string of the molecule is COc1ccc(CN2CCN(C3CC4(CCN(c5ccc(C(=O)NS(=O)(=O)c6cnc(NCC7CCC(C)(O)CC7)c([NH+](C)[O-])c6)c(Oc6cnc7c(c6)C(F)=CC7)c5)CC4)C3)[C@H](c3ccccc3C(C)C)C2)c(F)c1. The second-order valence-corrected chi connectivity index (χ2v) is 24.0. The van der Waals surface area contributed by atoms with E-state index in [0.29, 0.717) is 66.9 Å². The van der Waals surface area contributed by atoms with Gasteiger partial charge in [-0.3, -0.25) is 19.6 Å². The lowest BCUT2D eigenvalue weighted by atomic mass is 9.59. The quantitative estimate of drug-likeness (QED) is 0.0691. The molecule has 76 heavy (non-hydrogen) atoms. The first kappa shape index (κ1) is 53.4. The number of aromatic nitrogens is 2. The predicted molar refractivity (Wildman–Crippen MR) is 289 cm³/mol. The number of hydrogen-bond donors (Lipinski definition) is 4. The van der Waals surface area contributed by atoms with Crippen molar-refractivity contribution in [3.63, 3.8) is 0 Å². The molecule has 2 atom stereocenters. The minimum atomic E-state index is -4.56. The van der Waals surface area contributed by atoms with Gasteiger partial charge in [0, 0.05) is 99.3 Å². The maximum atomic E-state index is 15.2. The molecule has 1 unspecified atom stereocenters. The van der Waals surface area contributed by atoms with Crippen molar-refractivity contribution in [3.8, 4) is 17.2 Å². The molecule has 4 fully saturated rings. The Hall–Kier alpha value is -6.02. The summed E-state index contributed by atoms with van der Waals surface area (Å²) >= 11 is 0. The summed E-state index contributed by atoms with van der Waals surface area (Å²) in [6.45, 7) is 11.3. The number of halogens is 2. The Balaban J connectivity index is 0.836. The first-order valence-corrected chi connectivity index (χ1v) is 28.2. The van der Waals surface area contributed by atoms with E-state index in [1.807, 2.05) is 19.1 Å². The van der Waals surface area contributed by atoms with Crippen molar-refractivity contribution in [2.45, 2.75) is 114 Å². The minimum absolute atomic E-state index is 0.0613. The van der Waals surface area contributed by atoms with E-state index in [1.165, 1.54) is 54.7 Å². The molecule has 0 bridgehead atoms. The number of hydrogen-bond acceptors (Lipinski definition) is 13. The third-order valence-electron chi connectivity index (χ3n) is 16.8. The van der Waals surface area contributed by atoms with Crippen LogP contribution < -0.4 is 29.5 Å². The van der Waals surface area contributed by atoms with Crippen molar-refractivity contribution in [2.75, 3.05) is 63.6 Å². The fraction of sp³-hybridized carbons (Fsp3) is 0.466. The number of sulfonamides is 1. The third kappa shape index (κ3) is 11.5. The molecule has 5 aromatic rings. The number of rotatable bonds is 16. The van der Waals surface area contributed by atoms with Crippen LogP contribution in [0.5, 0.6) is 17.2 Å². The zero-order chi connectivity index (χ0) is 53.5. The fourth-order valence-electron chi connectivity index (χ4n) is 12.2. The van der Waals surface area contributed by atoms with Crippen LogP contribution in [0.1, 0.15) is 122 Å². The minimum Gasteiger partial charge on any atom is -0.629 e. The number of benzene rings is 3. The number of carbonyl (C=O) groups excluding carboxylic acids is 1. The summed E-state index contributed by atoms with van der Waals surface area (Å²) in [6, 6.07) is 22.2. The smallest absolute Gasteiger partial charge is 0.268 e. The fourth-order valence-corrected chi connectivity index (χ4v) is 13.1. The molecule has 5 aliphatic rings. The summed E-state index contributed by atoms with van der Waals surface area (Å²) in [4.78, 5) is 29.9. The molecule has 3 aromatic carbocycles. The summed E-state index contributed by atoms with van der Waals surface area (Å²) in [5, 5.41) is 26.0. The van der Waals surface area contributed by atoms with Crippen LogP contribution in [0.25, 0.3) is 5.83 Å². The predicted octanol–water partition coefficient (Wildman–Crippen LogP) is 8.83. The van der Waals surface area contributed by atoms with Crippen molar-refractivity contribution >= 4 is 38.9 Å². The van der Waals surface area contributed by atoms with Gasteiger partial charge in [0.2, 0.25) is 0 Å². The van der Waals surface area contributed by atoms with E-state index in [9.17, 15) is 27.9 Å². The number of amides is 1. The summed E-state index contributed by atoms with van der Waals surface area (Å²) < 4.78 is 71.7. The van der Waals surface area contributed by atoms with E-state index in [4.69, 9.17) is 9.47 Å². The number of piperazine rings is 1. The Bertz CT molecular complexity index is 3090. The molecule has 0 radical (unpaired) electrons. The molecule has 4 heterocycles. The molecule has 4 N–H and O–H groups in total. The van der Waals surface area contributed by atoms with E-state index in [2.05, 4.69) is 72.8 Å². The lowest BCUT2D eigenvalue weighted by Crippen LogP contribution is -2.98. The van der Waals surface area contributed by atoms with Crippen LogP contribution in [0.4, 0.5) is 26.0 Å². The molecular weight excluding hydrogens is 991 g/mol.